The molecule has 0 aliphatic carbocycles. The van der Waals surface area contributed by atoms with Gasteiger partial charge in [0.2, 0.25) is 0 Å². The van der Waals surface area contributed by atoms with E-state index in [-0.39, 0.29) is 6.04 Å². The van der Waals surface area contributed by atoms with Crippen LogP contribution in [0.1, 0.15) is 18.9 Å². The molecule has 1 aromatic carbocycles. The summed E-state index contributed by atoms with van der Waals surface area (Å²) in [5, 5.41) is 12.2. The number of fused-ring (bicyclic) bond motifs is 1. The van der Waals surface area contributed by atoms with Crippen LogP contribution in [0.15, 0.2) is 34.3 Å². The van der Waals surface area contributed by atoms with Crippen LogP contribution in [-0.4, -0.2) is 40.8 Å². The van der Waals surface area contributed by atoms with E-state index in [2.05, 4.69) is 48.3 Å². The number of rotatable bonds is 5. The Bertz CT molecular complexity index is 439. The molecule has 2 atom stereocenters. The van der Waals surface area contributed by atoms with Gasteiger partial charge in [-0.05, 0) is 32.0 Å². The van der Waals surface area contributed by atoms with Crippen molar-refractivity contribution in [1.29, 1.82) is 0 Å². The van der Waals surface area contributed by atoms with Gasteiger partial charge in [0.15, 0.2) is 0 Å². The molecule has 1 aliphatic rings. The monoisotopic (exact) mass is 279 g/mol. The second-order valence-electron chi connectivity index (χ2n) is 5.14. The van der Waals surface area contributed by atoms with Crippen LogP contribution in [0.3, 0.4) is 0 Å². The van der Waals surface area contributed by atoms with Crippen LogP contribution in [-0.2, 0) is 6.42 Å². The highest BCUT2D eigenvalue weighted by Crippen LogP contribution is 2.37. The van der Waals surface area contributed by atoms with Gasteiger partial charge in [-0.3, -0.25) is 0 Å². The van der Waals surface area contributed by atoms with Crippen molar-refractivity contribution in [2.24, 2.45) is 10.9 Å². The largest absolute Gasteiger partial charge is 0.409 e. The quantitative estimate of drug-likeness (QED) is 0.375. The molecule has 19 heavy (non-hydrogen) atoms. The highest BCUT2D eigenvalue weighted by molar-refractivity contribution is 8.00. The summed E-state index contributed by atoms with van der Waals surface area (Å²) in [6.07, 6.45) is 1.72. The predicted molar refractivity (Wildman–Crippen MR) is 79.9 cm³/mol. The van der Waals surface area contributed by atoms with E-state index in [1.54, 1.807) is 0 Å². The molecule has 0 amide bonds. The molecule has 1 aliphatic heterocycles. The van der Waals surface area contributed by atoms with Crippen molar-refractivity contribution >= 4 is 17.6 Å². The van der Waals surface area contributed by atoms with Crippen molar-refractivity contribution in [2.45, 2.75) is 36.0 Å². The second kappa shape index (κ2) is 6.30. The average molecular weight is 279 g/mol. The number of hydrogen-bond acceptors (Lipinski definition) is 4. The van der Waals surface area contributed by atoms with Crippen molar-refractivity contribution in [3.63, 3.8) is 0 Å². The Kier molecular flexibility index (Phi) is 4.71. The van der Waals surface area contributed by atoms with Gasteiger partial charge in [0.1, 0.15) is 5.84 Å². The minimum Gasteiger partial charge on any atom is -0.409 e. The van der Waals surface area contributed by atoms with E-state index in [0.29, 0.717) is 17.5 Å². The lowest BCUT2D eigenvalue weighted by Crippen LogP contribution is -2.37. The van der Waals surface area contributed by atoms with Crippen molar-refractivity contribution in [1.82, 2.24) is 4.90 Å². The highest BCUT2D eigenvalue weighted by Gasteiger charge is 2.24. The summed E-state index contributed by atoms with van der Waals surface area (Å²) in [4.78, 5) is 3.69. The Morgan fingerprint density at radius 3 is 3.00 bits per heavy atom. The summed E-state index contributed by atoms with van der Waals surface area (Å²) in [7, 11) is 2.10. The van der Waals surface area contributed by atoms with E-state index >= 15 is 0 Å². The number of nitrogens with zero attached hydrogens (tertiary/aromatic N) is 2. The molecule has 0 saturated heterocycles. The van der Waals surface area contributed by atoms with E-state index in [4.69, 9.17) is 10.9 Å². The molecule has 0 radical (unpaired) electrons. The summed E-state index contributed by atoms with van der Waals surface area (Å²) in [6.45, 7) is 3.12. The van der Waals surface area contributed by atoms with Gasteiger partial charge >= 0.3 is 0 Å². The number of nitrogens with two attached hydrogens (primary N) is 1. The van der Waals surface area contributed by atoms with Gasteiger partial charge in [-0.1, -0.05) is 23.4 Å². The third kappa shape index (κ3) is 3.64. The normalized spacial score (nSPS) is 20.6. The van der Waals surface area contributed by atoms with Gasteiger partial charge in [-0.15, -0.1) is 11.8 Å². The van der Waals surface area contributed by atoms with Crippen LogP contribution in [0.4, 0.5) is 0 Å². The lowest BCUT2D eigenvalue weighted by molar-refractivity contribution is 0.259. The van der Waals surface area contributed by atoms with Gasteiger partial charge in [0.05, 0.1) is 0 Å². The molecule has 2 rings (SSSR count). The van der Waals surface area contributed by atoms with Gasteiger partial charge < -0.3 is 15.8 Å². The van der Waals surface area contributed by atoms with E-state index in [0.717, 1.165) is 13.0 Å². The Morgan fingerprint density at radius 1 is 1.58 bits per heavy atom. The van der Waals surface area contributed by atoms with Crippen molar-refractivity contribution in [3.8, 4) is 0 Å². The third-order valence-corrected chi connectivity index (χ3v) is 4.89. The van der Waals surface area contributed by atoms with E-state index in [9.17, 15) is 0 Å². The maximum atomic E-state index is 8.61. The lowest BCUT2D eigenvalue weighted by Gasteiger charge is -2.26. The first kappa shape index (κ1) is 14.2. The standard InChI is InChI=1S/C14H21N3OS/c1-10(7-14(15)16-18)17(2)9-12-8-11-5-3-4-6-13(11)19-12/h3-6,10,12,18H,7-9H2,1-2H3,(H2,15,16). The predicted octanol–water partition coefficient (Wildman–Crippen LogP) is 2.16. The topological polar surface area (TPSA) is 61.9 Å². The maximum absolute atomic E-state index is 8.61. The fourth-order valence-corrected chi connectivity index (χ4v) is 3.75. The molecule has 0 spiro atoms. The SMILES string of the molecule is CC(CC(N)=NO)N(C)CC1Cc2ccccc2S1. The summed E-state index contributed by atoms with van der Waals surface area (Å²) in [5.41, 5.74) is 7.01. The molecule has 0 saturated carbocycles. The molecule has 5 heteroatoms. The Morgan fingerprint density at radius 2 is 2.32 bits per heavy atom. The smallest absolute Gasteiger partial charge is 0.140 e. The molecular formula is C14H21N3OS. The first-order valence-electron chi connectivity index (χ1n) is 6.51. The number of oxime groups is 1. The molecule has 1 aromatic rings. The summed E-state index contributed by atoms with van der Waals surface area (Å²) >= 11 is 1.95. The highest BCUT2D eigenvalue weighted by atomic mass is 32.2. The second-order valence-corrected chi connectivity index (χ2v) is 6.48. The number of benzene rings is 1. The van der Waals surface area contributed by atoms with Crippen LogP contribution in [0, 0.1) is 0 Å². The Labute approximate surface area is 118 Å². The first-order chi connectivity index (χ1) is 9.10. The zero-order valence-corrected chi connectivity index (χ0v) is 12.2. The Hall–Kier alpha value is -1.20. The van der Waals surface area contributed by atoms with Gasteiger partial charge in [0, 0.05) is 29.2 Å². The number of hydrogen-bond donors (Lipinski definition) is 2. The average Bonchev–Trinajstić information content (AvgIpc) is 2.80. The number of thioether (sulfide) groups is 1. The van der Waals surface area contributed by atoms with Crippen LogP contribution in [0.5, 0.6) is 0 Å². The summed E-state index contributed by atoms with van der Waals surface area (Å²) in [5.74, 6) is 0.293. The maximum Gasteiger partial charge on any atom is 0.140 e. The summed E-state index contributed by atoms with van der Waals surface area (Å²) in [6, 6.07) is 8.88. The number of amidine groups is 1. The van der Waals surface area contributed by atoms with E-state index in [1.807, 2.05) is 11.8 Å². The van der Waals surface area contributed by atoms with Crippen LogP contribution in [0.25, 0.3) is 0 Å². The van der Waals surface area contributed by atoms with Crippen LogP contribution >= 0.6 is 11.8 Å². The van der Waals surface area contributed by atoms with E-state index < -0.39 is 0 Å². The molecular weight excluding hydrogens is 258 g/mol. The lowest BCUT2D eigenvalue weighted by atomic mass is 10.1. The molecule has 0 aromatic heterocycles. The fourth-order valence-electron chi connectivity index (χ4n) is 2.36. The van der Waals surface area contributed by atoms with Crippen LogP contribution < -0.4 is 5.73 Å². The van der Waals surface area contributed by atoms with Crippen LogP contribution in [0.2, 0.25) is 0 Å². The zero-order valence-electron chi connectivity index (χ0n) is 11.4. The minimum atomic E-state index is 0.278. The summed E-state index contributed by atoms with van der Waals surface area (Å²) < 4.78 is 0. The molecule has 0 fully saturated rings. The first-order valence-corrected chi connectivity index (χ1v) is 7.39. The van der Waals surface area contributed by atoms with Gasteiger partial charge in [-0.2, -0.15) is 0 Å². The molecule has 0 bridgehead atoms. The fraction of sp³-hybridized carbons (Fsp3) is 0.500. The van der Waals surface area contributed by atoms with Crippen molar-refractivity contribution in [3.05, 3.63) is 29.8 Å². The zero-order chi connectivity index (χ0) is 13.8. The Balaban J connectivity index is 1.86. The molecule has 4 nitrogen and oxygen atoms in total. The van der Waals surface area contributed by atoms with Crippen molar-refractivity contribution in [2.75, 3.05) is 13.6 Å². The van der Waals surface area contributed by atoms with Crippen molar-refractivity contribution < 1.29 is 5.21 Å². The van der Waals surface area contributed by atoms with Gasteiger partial charge in [-0.25, -0.2) is 0 Å². The van der Waals surface area contributed by atoms with E-state index in [1.165, 1.54) is 10.5 Å². The third-order valence-electron chi connectivity index (χ3n) is 3.59. The minimum absolute atomic E-state index is 0.278. The molecule has 1 heterocycles. The molecule has 104 valence electrons. The molecule has 3 N–H and O–H groups in total. The van der Waals surface area contributed by atoms with Gasteiger partial charge in [0.25, 0.3) is 0 Å². The molecule has 2 unspecified atom stereocenters.